The van der Waals surface area contributed by atoms with Crippen LogP contribution in [0.15, 0.2) is 18.2 Å². The van der Waals surface area contributed by atoms with Gasteiger partial charge in [0.25, 0.3) is 0 Å². The van der Waals surface area contributed by atoms with Crippen LogP contribution >= 0.6 is 11.3 Å². The van der Waals surface area contributed by atoms with Gasteiger partial charge in [-0.1, -0.05) is 0 Å². The summed E-state index contributed by atoms with van der Waals surface area (Å²) in [6.45, 7) is 2.29. The third-order valence-corrected chi connectivity index (χ3v) is 4.49. The molecule has 0 fully saturated rings. The van der Waals surface area contributed by atoms with Crippen LogP contribution < -0.4 is 10.1 Å². The largest absolute Gasteiger partial charge is 0.491 e. The van der Waals surface area contributed by atoms with Gasteiger partial charge in [0.2, 0.25) is 0 Å². The Balaban J connectivity index is 1.49. The van der Waals surface area contributed by atoms with Crippen molar-refractivity contribution in [1.29, 1.82) is 0 Å². The molecule has 1 N–H and O–H groups in total. The second-order valence-corrected chi connectivity index (χ2v) is 6.10. The fourth-order valence-corrected chi connectivity index (χ4v) is 3.41. The second kappa shape index (κ2) is 6.49. The van der Waals surface area contributed by atoms with Crippen molar-refractivity contribution < 1.29 is 13.5 Å². The number of rotatable bonds is 5. The fraction of sp³-hybridized carbons (Fsp3) is 0.400. The number of ether oxygens (including phenoxy) is 1. The average Bonchev–Trinajstić information content (AvgIpc) is 2.88. The first-order valence-corrected chi connectivity index (χ1v) is 7.80. The van der Waals surface area contributed by atoms with Gasteiger partial charge in [-0.15, -0.1) is 11.3 Å². The highest BCUT2D eigenvalue weighted by atomic mass is 32.1. The molecule has 1 aromatic heterocycles. The lowest BCUT2D eigenvalue weighted by molar-refractivity contribution is 0.294. The zero-order valence-corrected chi connectivity index (χ0v) is 12.3. The first-order chi connectivity index (χ1) is 10.2. The third-order valence-electron chi connectivity index (χ3n) is 3.33. The average molecular weight is 310 g/mol. The summed E-state index contributed by atoms with van der Waals surface area (Å²) in [7, 11) is 0. The highest BCUT2D eigenvalue weighted by Gasteiger charge is 2.14. The zero-order chi connectivity index (χ0) is 14.7. The first kappa shape index (κ1) is 14.4. The molecule has 0 amide bonds. The normalized spacial score (nSPS) is 14.0. The molecule has 112 valence electrons. The molecular formula is C15H16F2N2OS. The van der Waals surface area contributed by atoms with Crippen molar-refractivity contribution in [2.45, 2.75) is 25.8 Å². The van der Waals surface area contributed by atoms with Crippen LogP contribution in [-0.4, -0.2) is 18.1 Å². The van der Waals surface area contributed by atoms with Crippen LogP contribution in [0.3, 0.4) is 0 Å². The SMILES string of the molecule is Fc1ccc(OCCCc2nc3c(s2)CNCC3)c(F)c1. The molecule has 1 aliphatic heterocycles. The van der Waals surface area contributed by atoms with Crippen LogP contribution in [-0.2, 0) is 19.4 Å². The predicted molar refractivity (Wildman–Crippen MR) is 77.7 cm³/mol. The summed E-state index contributed by atoms with van der Waals surface area (Å²) in [4.78, 5) is 5.94. The standard InChI is InChI=1S/C15H16F2N2OS/c16-10-3-4-13(11(17)8-10)20-7-1-2-15-19-12-5-6-18-9-14(12)21-15/h3-4,8,18H,1-2,5-7,9H2. The summed E-state index contributed by atoms with van der Waals surface area (Å²) in [5, 5.41) is 4.43. The van der Waals surface area contributed by atoms with Crippen molar-refractivity contribution in [1.82, 2.24) is 10.3 Å². The molecule has 1 aliphatic rings. The molecule has 0 spiro atoms. The number of hydrogen-bond acceptors (Lipinski definition) is 4. The minimum atomic E-state index is -0.661. The second-order valence-electron chi connectivity index (χ2n) is 4.93. The molecule has 0 aliphatic carbocycles. The molecule has 2 heterocycles. The third kappa shape index (κ3) is 3.57. The zero-order valence-electron chi connectivity index (χ0n) is 11.5. The number of nitrogens with one attached hydrogen (secondary N) is 1. The fourth-order valence-electron chi connectivity index (χ4n) is 2.28. The van der Waals surface area contributed by atoms with Gasteiger partial charge in [-0.05, 0) is 18.6 Å². The molecule has 0 saturated carbocycles. The van der Waals surface area contributed by atoms with Crippen molar-refractivity contribution >= 4 is 11.3 Å². The smallest absolute Gasteiger partial charge is 0.167 e. The molecule has 3 nitrogen and oxygen atoms in total. The van der Waals surface area contributed by atoms with Crippen LogP contribution in [0, 0.1) is 11.6 Å². The minimum Gasteiger partial charge on any atom is -0.491 e. The molecule has 0 atom stereocenters. The summed E-state index contributed by atoms with van der Waals surface area (Å²) in [6.07, 6.45) is 2.57. The van der Waals surface area contributed by atoms with E-state index >= 15 is 0 Å². The Kier molecular flexibility index (Phi) is 4.45. The monoisotopic (exact) mass is 310 g/mol. The highest BCUT2D eigenvalue weighted by Crippen LogP contribution is 2.23. The number of nitrogens with zero attached hydrogens (tertiary/aromatic N) is 1. The molecule has 0 saturated heterocycles. The number of benzene rings is 1. The quantitative estimate of drug-likeness (QED) is 0.862. The van der Waals surface area contributed by atoms with Gasteiger partial charge in [-0.25, -0.2) is 13.8 Å². The van der Waals surface area contributed by atoms with Gasteiger partial charge >= 0.3 is 0 Å². The Morgan fingerprint density at radius 2 is 2.24 bits per heavy atom. The topological polar surface area (TPSA) is 34.1 Å². The summed E-state index contributed by atoms with van der Waals surface area (Å²) in [5.74, 6) is -1.16. The van der Waals surface area contributed by atoms with Crippen molar-refractivity contribution in [2.24, 2.45) is 0 Å². The Morgan fingerprint density at radius 1 is 1.33 bits per heavy atom. The van der Waals surface area contributed by atoms with E-state index in [0.29, 0.717) is 6.61 Å². The molecule has 0 bridgehead atoms. The summed E-state index contributed by atoms with van der Waals surface area (Å²) in [5.41, 5.74) is 1.21. The molecule has 0 radical (unpaired) electrons. The number of aryl methyl sites for hydroxylation is 1. The Labute approximate surface area is 126 Å². The highest BCUT2D eigenvalue weighted by molar-refractivity contribution is 7.11. The van der Waals surface area contributed by atoms with E-state index in [1.54, 1.807) is 11.3 Å². The Morgan fingerprint density at radius 3 is 3.05 bits per heavy atom. The maximum atomic E-state index is 13.4. The summed E-state index contributed by atoms with van der Waals surface area (Å²) < 4.78 is 31.5. The van der Waals surface area contributed by atoms with E-state index in [1.807, 2.05) is 0 Å². The van der Waals surface area contributed by atoms with Gasteiger partial charge in [0.1, 0.15) is 5.82 Å². The first-order valence-electron chi connectivity index (χ1n) is 6.98. The van der Waals surface area contributed by atoms with Crippen LogP contribution in [0.2, 0.25) is 0 Å². The van der Waals surface area contributed by atoms with E-state index < -0.39 is 11.6 Å². The van der Waals surface area contributed by atoms with Crippen molar-refractivity contribution in [3.05, 3.63) is 45.4 Å². The van der Waals surface area contributed by atoms with Gasteiger partial charge < -0.3 is 10.1 Å². The van der Waals surface area contributed by atoms with Gasteiger partial charge in [0, 0.05) is 36.9 Å². The molecule has 3 rings (SSSR count). The van der Waals surface area contributed by atoms with Gasteiger partial charge in [-0.2, -0.15) is 0 Å². The van der Waals surface area contributed by atoms with Gasteiger partial charge in [0.05, 0.1) is 17.3 Å². The van der Waals surface area contributed by atoms with Crippen LogP contribution in [0.4, 0.5) is 8.78 Å². The molecular weight excluding hydrogens is 294 g/mol. The number of aromatic nitrogens is 1. The van der Waals surface area contributed by atoms with E-state index in [1.165, 1.54) is 22.7 Å². The lowest BCUT2D eigenvalue weighted by Gasteiger charge is -2.09. The van der Waals surface area contributed by atoms with Crippen LogP contribution in [0.1, 0.15) is 22.0 Å². The Hall–Kier alpha value is -1.53. The molecule has 1 aromatic carbocycles. The van der Waals surface area contributed by atoms with Gasteiger partial charge in [-0.3, -0.25) is 0 Å². The van der Waals surface area contributed by atoms with E-state index in [4.69, 9.17) is 4.74 Å². The van der Waals surface area contributed by atoms with E-state index in [-0.39, 0.29) is 5.75 Å². The lowest BCUT2D eigenvalue weighted by atomic mass is 10.2. The summed E-state index contributed by atoms with van der Waals surface area (Å²) >= 11 is 1.73. The number of halogens is 2. The van der Waals surface area contributed by atoms with E-state index in [9.17, 15) is 8.78 Å². The van der Waals surface area contributed by atoms with Crippen molar-refractivity contribution in [2.75, 3.05) is 13.2 Å². The maximum absolute atomic E-state index is 13.4. The molecule has 6 heteroatoms. The van der Waals surface area contributed by atoms with Gasteiger partial charge in [0.15, 0.2) is 11.6 Å². The molecule has 0 unspecified atom stereocenters. The van der Waals surface area contributed by atoms with Crippen molar-refractivity contribution in [3.8, 4) is 5.75 Å². The number of thiazole rings is 1. The number of hydrogen-bond donors (Lipinski definition) is 1. The molecule has 2 aromatic rings. The lowest BCUT2D eigenvalue weighted by Crippen LogP contribution is -2.22. The predicted octanol–water partition coefficient (Wildman–Crippen LogP) is 3.08. The van der Waals surface area contributed by atoms with Crippen molar-refractivity contribution in [3.63, 3.8) is 0 Å². The van der Waals surface area contributed by atoms with Crippen LogP contribution in [0.25, 0.3) is 0 Å². The molecule has 21 heavy (non-hydrogen) atoms. The van der Waals surface area contributed by atoms with Crippen LogP contribution in [0.5, 0.6) is 5.75 Å². The Bertz CT molecular complexity index is 607. The summed E-state index contributed by atoms with van der Waals surface area (Å²) in [6, 6.07) is 3.34. The maximum Gasteiger partial charge on any atom is 0.167 e. The van der Waals surface area contributed by atoms with E-state index in [0.717, 1.165) is 43.4 Å². The number of fused-ring (bicyclic) bond motifs is 1. The minimum absolute atomic E-state index is 0.0963. The van der Waals surface area contributed by atoms with E-state index in [2.05, 4.69) is 10.3 Å².